The van der Waals surface area contributed by atoms with Crippen molar-refractivity contribution >= 4 is 21.9 Å². The van der Waals surface area contributed by atoms with Crippen molar-refractivity contribution in [3.63, 3.8) is 0 Å². The van der Waals surface area contributed by atoms with E-state index in [0.717, 1.165) is 29.1 Å². The maximum atomic E-state index is 12.8. The maximum absolute atomic E-state index is 12.8. The van der Waals surface area contributed by atoms with Gasteiger partial charge in [-0.15, -0.1) is 0 Å². The predicted molar refractivity (Wildman–Crippen MR) is 116 cm³/mol. The molecule has 0 radical (unpaired) electrons. The van der Waals surface area contributed by atoms with Gasteiger partial charge in [-0.2, -0.15) is 4.31 Å². The molecule has 0 aliphatic carbocycles. The van der Waals surface area contributed by atoms with Crippen molar-refractivity contribution in [3.8, 4) is 0 Å². The molecule has 29 heavy (non-hydrogen) atoms. The van der Waals surface area contributed by atoms with Crippen LogP contribution in [0.3, 0.4) is 0 Å². The highest BCUT2D eigenvalue weighted by Crippen LogP contribution is 2.17. The number of Topliss-reactive ketones (excluding diaryl/α,β-unsaturated/α-hetero) is 1. The molecule has 6 nitrogen and oxygen atoms in total. The number of hydrogen-bond donors (Lipinski definition) is 0. The molecule has 0 unspecified atom stereocenters. The molecule has 0 bridgehead atoms. The van der Waals surface area contributed by atoms with Crippen LogP contribution in [-0.2, 0) is 16.6 Å². The van der Waals surface area contributed by atoms with E-state index >= 15 is 0 Å². The smallest absolute Gasteiger partial charge is 0.236 e. The van der Waals surface area contributed by atoms with Gasteiger partial charge in [-0.25, -0.2) is 8.42 Å². The molecule has 1 fully saturated rings. The summed E-state index contributed by atoms with van der Waals surface area (Å²) in [7, 11) is -3.46. The summed E-state index contributed by atoms with van der Waals surface area (Å²) in [6.07, 6.45) is 1.62. The Morgan fingerprint density at radius 2 is 1.72 bits per heavy atom. The zero-order chi connectivity index (χ0) is 21.0. The van der Waals surface area contributed by atoms with E-state index in [1.807, 2.05) is 55.1 Å². The molecule has 1 aromatic heterocycles. The summed E-state index contributed by atoms with van der Waals surface area (Å²) in [6.45, 7) is 9.12. The lowest BCUT2D eigenvalue weighted by molar-refractivity contribution is 0.0901. The Labute approximate surface area is 173 Å². The van der Waals surface area contributed by atoms with Gasteiger partial charge < -0.3 is 4.57 Å². The van der Waals surface area contributed by atoms with Crippen LogP contribution in [0.25, 0.3) is 6.08 Å². The van der Waals surface area contributed by atoms with Crippen LogP contribution < -0.4 is 0 Å². The standard InChI is InChI=1S/C22H29N3O3S/c1-4-25-18(2)16-21(19(25)3)22(26)17-23-11-13-24(14-12-23)29(27,28)15-10-20-8-6-5-7-9-20/h5-10,15-16H,4,11-14,17H2,1-3H3/b15-10+. The summed E-state index contributed by atoms with van der Waals surface area (Å²) in [6, 6.07) is 11.3. The fourth-order valence-electron chi connectivity index (χ4n) is 3.82. The summed E-state index contributed by atoms with van der Waals surface area (Å²) >= 11 is 0. The molecular formula is C22H29N3O3S. The van der Waals surface area contributed by atoms with Crippen LogP contribution in [0.1, 0.15) is 34.2 Å². The highest BCUT2D eigenvalue weighted by molar-refractivity contribution is 7.92. The lowest BCUT2D eigenvalue weighted by Gasteiger charge is -2.32. The van der Waals surface area contributed by atoms with Crippen LogP contribution in [0.2, 0.25) is 0 Å². The summed E-state index contributed by atoms with van der Waals surface area (Å²) in [5.74, 6) is 0.0954. The zero-order valence-corrected chi connectivity index (χ0v) is 18.2. The van der Waals surface area contributed by atoms with E-state index < -0.39 is 10.0 Å². The SMILES string of the molecule is CCn1c(C)cc(C(=O)CN2CCN(S(=O)(=O)/C=C/c3ccccc3)CC2)c1C. The van der Waals surface area contributed by atoms with Crippen LogP contribution in [-0.4, -0.2) is 60.7 Å². The van der Waals surface area contributed by atoms with Crippen LogP contribution >= 0.6 is 0 Å². The van der Waals surface area contributed by atoms with Crippen LogP contribution in [0.5, 0.6) is 0 Å². The van der Waals surface area contributed by atoms with Crippen LogP contribution in [0.15, 0.2) is 41.8 Å². The minimum absolute atomic E-state index is 0.0954. The molecule has 3 rings (SSSR count). The minimum Gasteiger partial charge on any atom is -0.349 e. The number of ketones is 1. The zero-order valence-electron chi connectivity index (χ0n) is 17.3. The second-order valence-corrected chi connectivity index (χ2v) is 9.20. The van der Waals surface area contributed by atoms with Gasteiger partial charge in [0.15, 0.2) is 5.78 Å². The normalized spacial score (nSPS) is 16.5. The molecule has 0 atom stereocenters. The Balaban J connectivity index is 1.57. The topological polar surface area (TPSA) is 62.6 Å². The Bertz CT molecular complexity index is 986. The van der Waals surface area contributed by atoms with Gasteiger partial charge in [0.05, 0.1) is 6.54 Å². The van der Waals surface area contributed by atoms with E-state index in [1.54, 1.807) is 6.08 Å². The Morgan fingerprint density at radius 1 is 1.07 bits per heavy atom. The van der Waals surface area contributed by atoms with Crippen molar-refractivity contribution in [2.45, 2.75) is 27.3 Å². The summed E-state index contributed by atoms with van der Waals surface area (Å²) in [4.78, 5) is 14.8. The molecule has 156 valence electrons. The van der Waals surface area contributed by atoms with Gasteiger partial charge in [-0.1, -0.05) is 30.3 Å². The number of nitrogens with zero attached hydrogens (tertiary/aromatic N) is 3. The molecule has 0 spiro atoms. The van der Waals surface area contributed by atoms with E-state index in [2.05, 4.69) is 11.5 Å². The lowest BCUT2D eigenvalue weighted by atomic mass is 10.1. The van der Waals surface area contributed by atoms with E-state index in [0.29, 0.717) is 32.7 Å². The number of carbonyl (C=O) groups excluding carboxylic acids is 1. The fourth-order valence-corrected chi connectivity index (χ4v) is 4.99. The second kappa shape index (κ2) is 9.07. The highest BCUT2D eigenvalue weighted by Gasteiger charge is 2.26. The molecule has 2 heterocycles. The van der Waals surface area contributed by atoms with Gasteiger partial charge in [-0.3, -0.25) is 9.69 Å². The van der Waals surface area contributed by atoms with E-state index in [-0.39, 0.29) is 5.78 Å². The van der Waals surface area contributed by atoms with Crippen molar-refractivity contribution in [1.82, 2.24) is 13.8 Å². The van der Waals surface area contributed by atoms with Gasteiger partial charge in [-0.05, 0) is 38.5 Å². The minimum atomic E-state index is -3.46. The maximum Gasteiger partial charge on any atom is 0.236 e. The van der Waals surface area contributed by atoms with E-state index in [4.69, 9.17) is 0 Å². The van der Waals surface area contributed by atoms with Gasteiger partial charge in [0, 0.05) is 55.1 Å². The largest absolute Gasteiger partial charge is 0.349 e. The quantitative estimate of drug-likeness (QED) is 0.653. The van der Waals surface area contributed by atoms with Crippen molar-refractivity contribution in [2.75, 3.05) is 32.7 Å². The number of hydrogen-bond acceptors (Lipinski definition) is 4. The number of carbonyl (C=O) groups is 1. The van der Waals surface area contributed by atoms with Gasteiger partial charge in [0.2, 0.25) is 10.0 Å². The molecule has 1 aliphatic heterocycles. The molecule has 1 saturated heterocycles. The molecule has 1 aromatic carbocycles. The first kappa shape index (κ1) is 21.5. The number of benzene rings is 1. The Morgan fingerprint density at radius 3 is 2.31 bits per heavy atom. The van der Waals surface area contributed by atoms with Crippen LogP contribution in [0, 0.1) is 13.8 Å². The van der Waals surface area contributed by atoms with Crippen molar-refractivity contribution < 1.29 is 13.2 Å². The molecule has 7 heteroatoms. The molecule has 0 amide bonds. The summed E-state index contributed by atoms with van der Waals surface area (Å²) in [5.41, 5.74) is 3.71. The Hall–Kier alpha value is -2.22. The van der Waals surface area contributed by atoms with E-state index in [1.165, 1.54) is 9.71 Å². The fraction of sp³-hybridized carbons (Fsp3) is 0.409. The summed E-state index contributed by atoms with van der Waals surface area (Å²) in [5, 5.41) is 1.27. The summed E-state index contributed by atoms with van der Waals surface area (Å²) < 4.78 is 28.8. The first-order chi connectivity index (χ1) is 13.8. The first-order valence-corrected chi connectivity index (χ1v) is 11.5. The lowest BCUT2D eigenvalue weighted by Crippen LogP contribution is -2.49. The third kappa shape index (κ3) is 5.04. The molecular weight excluding hydrogens is 386 g/mol. The number of aryl methyl sites for hydroxylation is 1. The molecule has 0 N–H and O–H groups in total. The van der Waals surface area contributed by atoms with Gasteiger partial charge >= 0.3 is 0 Å². The predicted octanol–water partition coefficient (Wildman–Crippen LogP) is 2.93. The van der Waals surface area contributed by atoms with Gasteiger partial charge in [0.25, 0.3) is 0 Å². The average molecular weight is 416 g/mol. The van der Waals surface area contributed by atoms with E-state index in [9.17, 15) is 13.2 Å². The van der Waals surface area contributed by atoms with Gasteiger partial charge in [0.1, 0.15) is 0 Å². The average Bonchev–Trinajstić information content (AvgIpc) is 3.01. The highest BCUT2D eigenvalue weighted by atomic mass is 32.2. The molecule has 1 aliphatic rings. The van der Waals surface area contributed by atoms with Crippen molar-refractivity contribution in [3.05, 3.63) is 64.3 Å². The second-order valence-electron chi connectivity index (χ2n) is 7.39. The molecule has 2 aromatic rings. The third-order valence-electron chi connectivity index (χ3n) is 5.48. The third-order valence-corrected chi connectivity index (χ3v) is 7.05. The monoisotopic (exact) mass is 415 g/mol. The number of aromatic nitrogens is 1. The van der Waals surface area contributed by atoms with Crippen molar-refractivity contribution in [1.29, 1.82) is 0 Å². The number of piperazine rings is 1. The Kier molecular flexibility index (Phi) is 6.72. The number of sulfonamides is 1. The first-order valence-electron chi connectivity index (χ1n) is 9.97. The molecule has 0 saturated carbocycles. The van der Waals surface area contributed by atoms with Crippen molar-refractivity contribution in [2.24, 2.45) is 0 Å². The van der Waals surface area contributed by atoms with Crippen LogP contribution in [0.4, 0.5) is 0 Å². The number of rotatable bonds is 7.